The number of nitrogens with one attached hydrogen (secondary N) is 1. The third-order valence-electron chi connectivity index (χ3n) is 6.70. The van der Waals surface area contributed by atoms with Crippen LogP contribution < -0.4 is 5.32 Å². The van der Waals surface area contributed by atoms with Gasteiger partial charge >= 0.3 is 0 Å². The molecule has 5 rings (SSSR count). The zero-order chi connectivity index (χ0) is 21.3. The summed E-state index contributed by atoms with van der Waals surface area (Å²) in [5.74, 6) is 0.905. The summed E-state index contributed by atoms with van der Waals surface area (Å²) in [6.07, 6.45) is 6.36. The van der Waals surface area contributed by atoms with Crippen molar-refractivity contribution in [1.29, 1.82) is 0 Å². The lowest BCUT2D eigenvalue weighted by atomic mass is 9.87. The first-order chi connectivity index (χ1) is 15.1. The van der Waals surface area contributed by atoms with E-state index in [9.17, 15) is 4.79 Å². The number of piperidine rings is 1. The highest BCUT2D eigenvalue weighted by Crippen LogP contribution is 2.55. The van der Waals surface area contributed by atoms with Crippen LogP contribution in [0, 0.1) is 5.41 Å². The fraction of sp³-hybridized carbons (Fsp3) is 0.308. The Kier molecular flexibility index (Phi) is 5.41. The second-order valence-corrected chi connectivity index (χ2v) is 9.20. The van der Waals surface area contributed by atoms with Crippen LogP contribution in [0.25, 0.3) is 11.1 Å². The van der Waals surface area contributed by atoms with Gasteiger partial charge in [-0.25, -0.2) is 4.98 Å². The molecule has 1 unspecified atom stereocenters. The first-order valence-electron chi connectivity index (χ1n) is 10.9. The molecule has 31 heavy (non-hydrogen) atoms. The van der Waals surface area contributed by atoms with Crippen molar-refractivity contribution in [3.8, 4) is 11.1 Å². The van der Waals surface area contributed by atoms with E-state index < -0.39 is 0 Å². The highest BCUT2D eigenvalue weighted by Gasteiger charge is 2.49. The minimum atomic E-state index is 0.116. The number of likely N-dealkylation sites (tertiary alicyclic amines) is 1. The number of anilines is 1. The number of rotatable bonds is 5. The Hall–Kier alpha value is -2.85. The van der Waals surface area contributed by atoms with Crippen LogP contribution in [-0.4, -0.2) is 34.9 Å². The van der Waals surface area contributed by atoms with Crippen LogP contribution in [0.5, 0.6) is 0 Å². The topological polar surface area (TPSA) is 45.2 Å². The number of aromatic nitrogens is 1. The van der Waals surface area contributed by atoms with Crippen LogP contribution in [0.4, 0.5) is 5.82 Å². The van der Waals surface area contributed by atoms with E-state index in [0.29, 0.717) is 17.0 Å². The zero-order valence-electron chi connectivity index (χ0n) is 17.4. The summed E-state index contributed by atoms with van der Waals surface area (Å²) in [6.45, 7) is 1.50. The molecule has 1 saturated carbocycles. The molecule has 2 aliphatic rings. The number of hydrogen-bond acceptors (Lipinski definition) is 3. The van der Waals surface area contributed by atoms with Gasteiger partial charge in [0.05, 0.1) is 5.02 Å². The van der Waals surface area contributed by atoms with Crippen LogP contribution >= 0.6 is 11.6 Å². The monoisotopic (exact) mass is 431 g/mol. The van der Waals surface area contributed by atoms with E-state index >= 15 is 0 Å². The van der Waals surface area contributed by atoms with Crippen LogP contribution in [0.2, 0.25) is 5.02 Å². The summed E-state index contributed by atoms with van der Waals surface area (Å²) in [4.78, 5) is 20.2. The third kappa shape index (κ3) is 4.31. The lowest BCUT2D eigenvalue weighted by Gasteiger charge is -2.40. The number of nitrogens with zero attached hydrogens (tertiary/aromatic N) is 2. The Morgan fingerprint density at radius 1 is 1.03 bits per heavy atom. The van der Waals surface area contributed by atoms with Gasteiger partial charge < -0.3 is 10.2 Å². The van der Waals surface area contributed by atoms with E-state index in [1.165, 1.54) is 12.8 Å². The summed E-state index contributed by atoms with van der Waals surface area (Å²) in [5, 5.41) is 4.05. The van der Waals surface area contributed by atoms with Gasteiger partial charge in [0.15, 0.2) is 0 Å². The highest BCUT2D eigenvalue weighted by molar-refractivity contribution is 6.30. The van der Waals surface area contributed by atoms with Gasteiger partial charge in [0.1, 0.15) is 5.82 Å². The number of halogens is 1. The maximum absolute atomic E-state index is 13.8. The molecule has 1 aromatic heterocycles. The van der Waals surface area contributed by atoms with Crippen molar-refractivity contribution in [2.45, 2.75) is 31.7 Å². The van der Waals surface area contributed by atoms with Gasteiger partial charge in [0.25, 0.3) is 5.91 Å². The molecule has 5 heteroatoms. The molecule has 0 radical (unpaired) electrons. The standard InChI is InChI=1S/C26H26ClN3O/c27-20-10-11-24(28-17-20)29-18-21-16-26(12-13-26)14-15-30(21)25(31)23-9-5-4-8-22(23)19-6-2-1-3-7-19/h1-11,17,21H,12-16,18H2,(H,28,29). The van der Waals surface area contributed by atoms with Crippen molar-refractivity contribution in [2.75, 3.05) is 18.4 Å². The number of amides is 1. The van der Waals surface area contributed by atoms with Crippen molar-refractivity contribution in [3.63, 3.8) is 0 Å². The molecule has 0 bridgehead atoms. The summed E-state index contributed by atoms with van der Waals surface area (Å²) < 4.78 is 0. The van der Waals surface area contributed by atoms with Crippen molar-refractivity contribution in [2.24, 2.45) is 5.41 Å². The number of hydrogen-bond donors (Lipinski definition) is 1. The Bertz CT molecular complexity index is 1060. The van der Waals surface area contributed by atoms with Crippen molar-refractivity contribution < 1.29 is 4.79 Å². The summed E-state index contributed by atoms with van der Waals surface area (Å²) in [6, 6.07) is 22.0. The van der Waals surface area contributed by atoms with Gasteiger partial charge in [-0.2, -0.15) is 0 Å². The first-order valence-corrected chi connectivity index (χ1v) is 11.3. The SMILES string of the molecule is O=C(c1ccccc1-c1ccccc1)N1CCC2(CC2)CC1CNc1ccc(Cl)cn1. The molecule has 1 aliphatic carbocycles. The number of pyridine rings is 1. The average Bonchev–Trinajstić information content (AvgIpc) is 3.57. The van der Waals surface area contributed by atoms with Crippen LogP contribution in [0.15, 0.2) is 72.9 Å². The molecule has 1 amide bonds. The molecule has 2 aromatic carbocycles. The zero-order valence-corrected chi connectivity index (χ0v) is 18.2. The van der Waals surface area contributed by atoms with E-state index in [2.05, 4.69) is 27.3 Å². The van der Waals surface area contributed by atoms with Crippen LogP contribution in [0.1, 0.15) is 36.0 Å². The van der Waals surface area contributed by atoms with Gasteiger partial charge in [0.2, 0.25) is 0 Å². The summed E-state index contributed by atoms with van der Waals surface area (Å²) in [5.41, 5.74) is 3.28. The molecule has 4 nitrogen and oxygen atoms in total. The normalized spacial score (nSPS) is 19.3. The molecular formula is C26H26ClN3O. The summed E-state index contributed by atoms with van der Waals surface area (Å²) in [7, 11) is 0. The predicted octanol–water partition coefficient (Wildman–Crippen LogP) is 5.90. The lowest BCUT2D eigenvalue weighted by Crippen LogP contribution is -2.50. The van der Waals surface area contributed by atoms with E-state index in [1.807, 2.05) is 54.6 Å². The highest BCUT2D eigenvalue weighted by atomic mass is 35.5. The van der Waals surface area contributed by atoms with Gasteiger partial charge in [0, 0.05) is 30.9 Å². The molecule has 2 heterocycles. The Morgan fingerprint density at radius 3 is 2.55 bits per heavy atom. The largest absolute Gasteiger partial charge is 0.368 e. The number of benzene rings is 2. The maximum atomic E-state index is 13.8. The Balaban J connectivity index is 1.39. The van der Waals surface area contributed by atoms with Crippen molar-refractivity contribution in [3.05, 3.63) is 83.5 Å². The van der Waals surface area contributed by atoms with E-state index in [-0.39, 0.29) is 11.9 Å². The molecule has 2 fully saturated rings. The molecule has 1 aliphatic heterocycles. The minimum Gasteiger partial charge on any atom is -0.368 e. The average molecular weight is 432 g/mol. The Morgan fingerprint density at radius 2 is 1.81 bits per heavy atom. The van der Waals surface area contributed by atoms with Gasteiger partial charge in [-0.05, 0) is 60.4 Å². The molecule has 1 N–H and O–H groups in total. The quantitative estimate of drug-likeness (QED) is 0.547. The second kappa shape index (κ2) is 8.35. The first kappa shape index (κ1) is 20.1. The smallest absolute Gasteiger partial charge is 0.254 e. The van der Waals surface area contributed by atoms with E-state index in [1.54, 1.807) is 6.20 Å². The second-order valence-electron chi connectivity index (χ2n) is 8.76. The van der Waals surface area contributed by atoms with Gasteiger partial charge in [-0.15, -0.1) is 0 Å². The predicted molar refractivity (Wildman–Crippen MR) is 125 cm³/mol. The molecule has 1 atom stereocenters. The molecule has 1 saturated heterocycles. The van der Waals surface area contributed by atoms with Crippen molar-refractivity contribution in [1.82, 2.24) is 9.88 Å². The number of carbonyl (C=O) groups is 1. The van der Waals surface area contributed by atoms with E-state index in [4.69, 9.17) is 11.6 Å². The van der Waals surface area contributed by atoms with Crippen LogP contribution in [0.3, 0.4) is 0 Å². The van der Waals surface area contributed by atoms with E-state index in [0.717, 1.165) is 41.9 Å². The third-order valence-corrected chi connectivity index (χ3v) is 6.92. The Labute approximate surface area is 188 Å². The lowest BCUT2D eigenvalue weighted by molar-refractivity contribution is 0.0546. The summed E-state index contributed by atoms with van der Waals surface area (Å²) >= 11 is 5.96. The van der Waals surface area contributed by atoms with Gasteiger partial charge in [-0.3, -0.25) is 4.79 Å². The fourth-order valence-electron chi connectivity index (χ4n) is 4.73. The van der Waals surface area contributed by atoms with Gasteiger partial charge in [-0.1, -0.05) is 60.1 Å². The molecule has 158 valence electrons. The fourth-order valence-corrected chi connectivity index (χ4v) is 4.84. The van der Waals surface area contributed by atoms with Crippen LogP contribution in [-0.2, 0) is 0 Å². The molecule has 1 spiro atoms. The van der Waals surface area contributed by atoms with Crippen molar-refractivity contribution >= 4 is 23.3 Å². The molecule has 3 aromatic rings. The maximum Gasteiger partial charge on any atom is 0.254 e. The minimum absolute atomic E-state index is 0.116. The molecular weight excluding hydrogens is 406 g/mol. The number of carbonyl (C=O) groups excluding carboxylic acids is 1.